The number of rotatable bonds is 56. The molecular formula is C68H120N2O12. The lowest BCUT2D eigenvalue weighted by Gasteiger charge is -2.19. The summed E-state index contributed by atoms with van der Waals surface area (Å²) in [5, 5.41) is 2.89. The van der Waals surface area contributed by atoms with Crippen LogP contribution >= 0.6 is 0 Å². The predicted octanol–water partition coefficient (Wildman–Crippen LogP) is 17.1. The first-order valence-electron chi connectivity index (χ1n) is 33.7. The Kier molecular flexibility index (Phi) is 47.9. The largest absolute Gasteiger partial charge is 0.465 e. The predicted molar refractivity (Wildman–Crippen MR) is 329 cm³/mol. The van der Waals surface area contributed by atoms with Crippen LogP contribution in [-0.4, -0.2) is 93.3 Å². The Morgan fingerprint density at radius 2 is 0.829 bits per heavy atom. The Labute approximate surface area is 499 Å². The molecule has 2 atom stereocenters. The number of carbonyl (C=O) groups excluding carboxylic acids is 5. The third kappa shape index (κ3) is 43.0. The topological polar surface area (TPSA) is 165 Å². The maximum atomic E-state index is 13.3. The van der Waals surface area contributed by atoms with E-state index in [2.05, 4.69) is 44.8 Å². The number of amides is 1. The molecule has 2 unspecified atom stereocenters. The highest BCUT2D eigenvalue weighted by molar-refractivity contribution is 5.71. The number of carbonyl (C=O) groups is 5. The fourth-order valence-electron chi connectivity index (χ4n) is 10.5. The Morgan fingerprint density at radius 1 is 0.439 bits per heavy atom. The molecule has 0 aromatic heterocycles. The summed E-state index contributed by atoms with van der Waals surface area (Å²) in [6.07, 6.45) is 36.6. The number of ether oxygens (including phenoxy) is 7. The minimum absolute atomic E-state index is 0.0324. The average molecular weight is 1160 g/mol. The van der Waals surface area contributed by atoms with Gasteiger partial charge in [0.05, 0.1) is 13.0 Å². The second-order valence-corrected chi connectivity index (χ2v) is 23.4. The van der Waals surface area contributed by atoms with E-state index in [0.29, 0.717) is 81.1 Å². The van der Waals surface area contributed by atoms with Crippen LogP contribution in [0.25, 0.3) is 0 Å². The van der Waals surface area contributed by atoms with Crippen LogP contribution < -0.4 is 5.32 Å². The Hall–Kier alpha value is -3.75. The zero-order valence-electron chi connectivity index (χ0n) is 53.0. The SMILES string of the molecule is CCCCCCCCOC(CCC(=O)OCc1cc(COC(=O)CCCCC(=O)OCC(CCCCCC)CCCCCCCC)cc(COC(=O)CCC(CCCCCC)OC(=O)NCCN2CCCC2)c1)OCCCCCCCC. The van der Waals surface area contributed by atoms with Gasteiger partial charge in [0.25, 0.3) is 0 Å². The molecule has 0 bridgehead atoms. The van der Waals surface area contributed by atoms with Crippen LogP contribution in [-0.2, 0) is 72.2 Å². The first kappa shape index (κ1) is 74.4. The zero-order chi connectivity index (χ0) is 59.4. The van der Waals surface area contributed by atoms with Crippen molar-refractivity contribution in [2.75, 3.05) is 46.0 Å². The summed E-state index contributed by atoms with van der Waals surface area (Å²) in [6.45, 7) is 16.0. The van der Waals surface area contributed by atoms with Gasteiger partial charge in [0.15, 0.2) is 6.29 Å². The number of hydrogen-bond acceptors (Lipinski definition) is 13. The van der Waals surface area contributed by atoms with Crippen molar-refractivity contribution >= 4 is 30.0 Å². The van der Waals surface area contributed by atoms with E-state index in [0.717, 1.165) is 83.8 Å². The number of nitrogens with zero attached hydrogens (tertiary/aromatic N) is 1. The van der Waals surface area contributed by atoms with Crippen molar-refractivity contribution in [2.24, 2.45) is 5.92 Å². The molecule has 1 heterocycles. The first-order valence-corrected chi connectivity index (χ1v) is 33.7. The highest BCUT2D eigenvalue weighted by Gasteiger charge is 2.20. The Morgan fingerprint density at radius 3 is 1.30 bits per heavy atom. The van der Waals surface area contributed by atoms with Crippen molar-refractivity contribution in [2.45, 2.75) is 317 Å². The molecule has 14 heteroatoms. The summed E-state index contributed by atoms with van der Waals surface area (Å²) < 4.78 is 41.3. The number of alkyl carbamates (subject to hydrolysis) is 1. The zero-order valence-corrected chi connectivity index (χ0v) is 53.0. The summed E-state index contributed by atoms with van der Waals surface area (Å²) >= 11 is 0. The van der Waals surface area contributed by atoms with Crippen molar-refractivity contribution < 1.29 is 57.1 Å². The van der Waals surface area contributed by atoms with Gasteiger partial charge in [-0.05, 0) is 125 Å². The van der Waals surface area contributed by atoms with Gasteiger partial charge >= 0.3 is 30.0 Å². The normalized spacial score (nSPS) is 13.3. The van der Waals surface area contributed by atoms with E-state index >= 15 is 0 Å². The number of nitrogens with one attached hydrogen (secondary N) is 1. The molecular weight excluding hydrogens is 1040 g/mol. The molecule has 0 spiro atoms. The minimum atomic E-state index is -0.487. The van der Waals surface area contributed by atoms with E-state index < -0.39 is 24.5 Å². The van der Waals surface area contributed by atoms with Crippen molar-refractivity contribution in [3.63, 3.8) is 0 Å². The summed E-state index contributed by atoms with van der Waals surface area (Å²) in [5.41, 5.74) is 1.97. The molecule has 0 aliphatic carbocycles. The lowest BCUT2D eigenvalue weighted by Crippen LogP contribution is -2.35. The van der Waals surface area contributed by atoms with Crippen LogP contribution in [0.15, 0.2) is 18.2 Å². The fraction of sp³-hybridized carbons (Fsp3) is 0.838. The third-order valence-corrected chi connectivity index (χ3v) is 15.6. The molecule has 0 radical (unpaired) electrons. The molecule has 14 nitrogen and oxygen atoms in total. The van der Waals surface area contributed by atoms with Gasteiger partial charge in [-0.3, -0.25) is 19.2 Å². The van der Waals surface area contributed by atoms with Gasteiger partial charge in [-0.2, -0.15) is 0 Å². The van der Waals surface area contributed by atoms with Gasteiger partial charge in [0.1, 0.15) is 25.9 Å². The van der Waals surface area contributed by atoms with Crippen molar-refractivity contribution in [1.82, 2.24) is 10.2 Å². The van der Waals surface area contributed by atoms with E-state index in [1.54, 1.807) is 0 Å². The van der Waals surface area contributed by atoms with Gasteiger partial charge in [-0.15, -0.1) is 0 Å². The average Bonchev–Trinajstić information content (AvgIpc) is 4.11. The minimum Gasteiger partial charge on any atom is -0.465 e. The van der Waals surface area contributed by atoms with Crippen LogP contribution in [0.1, 0.15) is 302 Å². The lowest BCUT2D eigenvalue weighted by atomic mass is 9.95. The molecule has 1 fully saturated rings. The number of esters is 4. The summed E-state index contributed by atoms with van der Waals surface area (Å²) in [6, 6.07) is 5.49. The molecule has 474 valence electrons. The van der Waals surface area contributed by atoms with Crippen molar-refractivity contribution in [3.05, 3.63) is 34.9 Å². The second-order valence-electron chi connectivity index (χ2n) is 23.4. The number of benzene rings is 1. The van der Waals surface area contributed by atoms with E-state index in [-0.39, 0.29) is 63.4 Å². The van der Waals surface area contributed by atoms with E-state index in [4.69, 9.17) is 33.2 Å². The maximum absolute atomic E-state index is 13.3. The van der Waals surface area contributed by atoms with Gasteiger partial charge in [-0.1, -0.05) is 182 Å². The molecule has 1 aromatic carbocycles. The molecule has 1 N–H and O–H groups in total. The van der Waals surface area contributed by atoms with Gasteiger partial charge < -0.3 is 43.4 Å². The Balaban J connectivity index is 2.05. The van der Waals surface area contributed by atoms with Crippen LogP contribution in [0.2, 0.25) is 0 Å². The van der Waals surface area contributed by atoms with Crippen LogP contribution in [0.4, 0.5) is 4.79 Å². The number of hydrogen-bond donors (Lipinski definition) is 1. The summed E-state index contributed by atoms with van der Waals surface area (Å²) in [7, 11) is 0. The fourth-order valence-corrected chi connectivity index (χ4v) is 10.5. The van der Waals surface area contributed by atoms with Crippen molar-refractivity contribution in [3.8, 4) is 0 Å². The monoisotopic (exact) mass is 1160 g/mol. The van der Waals surface area contributed by atoms with Gasteiger partial charge in [-0.25, -0.2) is 4.79 Å². The summed E-state index contributed by atoms with van der Waals surface area (Å²) in [4.78, 5) is 67.6. The number of likely N-dealkylation sites (tertiary alicyclic amines) is 1. The smallest absolute Gasteiger partial charge is 0.407 e. The lowest BCUT2D eigenvalue weighted by molar-refractivity contribution is -0.160. The Bertz CT molecular complexity index is 1720. The van der Waals surface area contributed by atoms with Crippen LogP contribution in [0.3, 0.4) is 0 Å². The van der Waals surface area contributed by atoms with E-state index in [9.17, 15) is 24.0 Å². The van der Waals surface area contributed by atoms with Crippen molar-refractivity contribution in [1.29, 1.82) is 0 Å². The number of unbranched alkanes of at least 4 members (excludes halogenated alkanes) is 22. The highest BCUT2D eigenvalue weighted by Crippen LogP contribution is 2.22. The molecule has 0 saturated carbocycles. The highest BCUT2D eigenvalue weighted by atomic mass is 16.7. The van der Waals surface area contributed by atoms with E-state index in [1.807, 2.05) is 18.2 Å². The van der Waals surface area contributed by atoms with Gasteiger partial charge in [0.2, 0.25) is 0 Å². The standard InChI is InChI=1S/C68H120N2O12/c1-6-11-16-21-24-28-37-58(36-27-19-14-9-4)54-78-63(71)39-30-31-40-64(72)79-55-59-51-60(56-80-65(73)42-41-62(38-29-20-15-10-5)82-68(75)69-45-48-70-46-32-33-47-70)53-61(52-59)57-81-66(74)43-44-67(76-49-34-25-22-17-12-7-2)77-50-35-26-23-18-13-8-3/h51-53,58,62,67H,6-50,54-57H2,1-5H3,(H,69,75). The summed E-state index contributed by atoms with van der Waals surface area (Å²) in [5.74, 6) is -1.01. The molecule has 2 rings (SSSR count). The molecule has 1 saturated heterocycles. The van der Waals surface area contributed by atoms with Gasteiger partial charge in [0, 0.05) is 52.0 Å². The third-order valence-electron chi connectivity index (χ3n) is 15.6. The molecule has 1 aromatic rings. The molecule has 82 heavy (non-hydrogen) atoms. The first-order chi connectivity index (χ1) is 40.1. The molecule has 1 aliphatic heterocycles. The van der Waals surface area contributed by atoms with E-state index in [1.165, 1.54) is 128 Å². The van der Waals surface area contributed by atoms with Crippen LogP contribution in [0, 0.1) is 5.92 Å². The molecule has 1 aliphatic rings. The maximum Gasteiger partial charge on any atom is 0.407 e. The second kappa shape index (κ2) is 52.8. The quantitative estimate of drug-likeness (QED) is 0.0284. The van der Waals surface area contributed by atoms with Crippen LogP contribution in [0.5, 0.6) is 0 Å². The molecule has 1 amide bonds.